The van der Waals surface area contributed by atoms with Gasteiger partial charge in [-0.2, -0.15) is 0 Å². The van der Waals surface area contributed by atoms with E-state index in [4.69, 9.17) is 0 Å². The molecule has 102 valence electrons. The number of aryl methyl sites for hydroxylation is 2. The van der Waals surface area contributed by atoms with Crippen LogP contribution in [0.2, 0.25) is 0 Å². The van der Waals surface area contributed by atoms with Gasteiger partial charge < -0.3 is 10.2 Å². The van der Waals surface area contributed by atoms with Gasteiger partial charge in [-0.3, -0.25) is 4.79 Å². The average Bonchev–Trinajstić information content (AvgIpc) is 2.85. The summed E-state index contributed by atoms with van der Waals surface area (Å²) in [6, 6.07) is 6.54. The number of carbonyl (C=O) groups is 1. The Morgan fingerprint density at radius 3 is 2.84 bits per heavy atom. The second-order valence-corrected chi connectivity index (χ2v) is 5.97. The zero-order valence-electron chi connectivity index (χ0n) is 11.8. The minimum atomic E-state index is 0.194. The Bertz CT molecular complexity index is 484. The number of benzene rings is 1. The fourth-order valence-electron chi connectivity index (χ4n) is 3.27. The lowest BCUT2D eigenvalue weighted by Crippen LogP contribution is -2.41. The van der Waals surface area contributed by atoms with E-state index in [0.29, 0.717) is 12.0 Å². The van der Waals surface area contributed by atoms with Crippen molar-refractivity contribution < 1.29 is 4.79 Å². The number of nitrogens with zero attached hydrogens (tertiary/aromatic N) is 1. The van der Waals surface area contributed by atoms with Crippen molar-refractivity contribution in [3.05, 3.63) is 34.9 Å². The van der Waals surface area contributed by atoms with E-state index < -0.39 is 0 Å². The highest BCUT2D eigenvalue weighted by molar-refractivity contribution is 5.94. The maximum atomic E-state index is 12.6. The largest absolute Gasteiger partial charge is 0.337 e. The first kappa shape index (κ1) is 12.7. The van der Waals surface area contributed by atoms with Crippen LogP contribution in [0.1, 0.15) is 34.3 Å². The Balaban J connectivity index is 1.75. The molecule has 2 aliphatic heterocycles. The normalized spacial score (nSPS) is 26.3. The molecule has 1 aromatic carbocycles. The van der Waals surface area contributed by atoms with Crippen LogP contribution in [0, 0.1) is 19.8 Å². The van der Waals surface area contributed by atoms with E-state index in [0.717, 1.165) is 25.2 Å². The highest BCUT2D eigenvalue weighted by atomic mass is 16.2. The topological polar surface area (TPSA) is 32.3 Å². The first-order valence-corrected chi connectivity index (χ1v) is 7.25. The molecule has 0 aliphatic carbocycles. The molecule has 3 rings (SSSR count). The molecule has 0 spiro atoms. The van der Waals surface area contributed by atoms with Crippen LogP contribution < -0.4 is 5.32 Å². The summed E-state index contributed by atoms with van der Waals surface area (Å²) in [4.78, 5) is 14.6. The van der Waals surface area contributed by atoms with Gasteiger partial charge in [0.15, 0.2) is 0 Å². The third-order valence-corrected chi connectivity index (χ3v) is 4.64. The lowest BCUT2D eigenvalue weighted by atomic mass is 9.94. The number of nitrogens with one attached hydrogen (secondary N) is 1. The predicted octanol–water partition coefficient (Wildman–Crippen LogP) is 2.13. The number of hydrogen-bond donors (Lipinski definition) is 1. The second kappa shape index (κ2) is 4.97. The Hall–Kier alpha value is -1.35. The van der Waals surface area contributed by atoms with Gasteiger partial charge in [0.2, 0.25) is 0 Å². The van der Waals surface area contributed by atoms with Gasteiger partial charge in [-0.1, -0.05) is 6.07 Å². The molecule has 2 fully saturated rings. The van der Waals surface area contributed by atoms with E-state index in [1.807, 2.05) is 23.1 Å². The van der Waals surface area contributed by atoms with E-state index in [1.165, 1.54) is 24.0 Å². The van der Waals surface area contributed by atoms with Crippen molar-refractivity contribution in [3.8, 4) is 0 Å². The van der Waals surface area contributed by atoms with E-state index in [2.05, 4.69) is 19.2 Å². The molecular weight excluding hydrogens is 236 g/mol. The van der Waals surface area contributed by atoms with Gasteiger partial charge in [-0.25, -0.2) is 0 Å². The van der Waals surface area contributed by atoms with Gasteiger partial charge in [0, 0.05) is 24.7 Å². The number of rotatable bonds is 1. The Kier molecular flexibility index (Phi) is 3.31. The Labute approximate surface area is 115 Å². The van der Waals surface area contributed by atoms with Crippen LogP contribution in [0.4, 0.5) is 0 Å². The van der Waals surface area contributed by atoms with Crippen molar-refractivity contribution in [2.75, 3.05) is 19.6 Å². The number of hydrogen-bond acceptors (Lipinski definition) is 2. The van der Waals surface area contributed by atoms with E-state index in [9.17, 15) is 4.79 Å². The molecule has 1 aromatic rings. The second-order valence-electron chi connectivity index (χ2n) is 5.97. The molecular formula is C16H22N2O. The molecule has 2 saturated heterocycles. The third kappa shape index (κ3) is 2.39. The minimum Gasteiger partial charge on any atom is -0.337 e. The average molecular weight is 258 g/mol. The molecule has 3 heteroatoms. The SMILES string of the molecule is Cc1ccc(C(=O)N2C[C@@H]3CCCN[C@@H]3C2)cc1C. The molecule has 2 aliphatic rings. The fourth-order valence-corrected chi connectivity index (χ4v) is 3.27. The van der Waals surface area contributed by atoms with Crippen molar-refractivity contribution in [1.29, 1.82) is 0 Å². The van der Waals surface area contributed by atoms with Crippen LogP contribution in [0.3, 0.4) is 0 Å². The summed E-state index contributed by atoms with van der Waals surface area (Å²) in [6.45, 7) is 7.04. The summed E-state index contributed by atoms with van der Waals surface area (Å²) >= 11 is 0. The molecule has 1 amide bonds. The molecule has 19 heavy (non-hydrogen) atoms. The molecule has 0 aromatic heterocycles. The van der Waals surface area contributed by atoms with Crippen molar-refractivity contribution >= 4 is 5.91 Å². The molecule has 3 nitrogen and oxygen atoms in total. The lowest BCUT2D eigenvalue weighted by molar-refractivity contribution is 0.0785. The fraction of sp³-hybridized carbons (Fsp3) is 0.562. The summed E-state index contributed by atoms with van der Waals surface area (Å²) in [5.41, 5.74) is 3.27. The maximum Gasteiger partial charge on any atom is 0.253 e. The van der Waals surface area contributed by atoms with E-state index >= 15 is 0 Å². The van der Waals surface area contributed by atoms with Gasteiger partial charge in [0.25, 0.3) is 5.91 Å². The summed E-state index contributed by atoms with van der Waals surface area (Å²) in [5.74, 6) is 0.851. The zero-order valence-corrected chi connectivity index (χ0v) is 11.8. The van der Waals surface area contributed by atoms with Gasteiger partial charge in [0.1, 0.15) is 0 Å². The Morgan fingerprint density at radius 1 is 1.26 bits per heavy atom. The quantitative estimate of drug-likeness (QED) is 0.837. The highest BCUT2D eigenvalue weighted by Gasteiger charge is 2.36. The molecule has 0 radical (unpaired) electrons. The summed E-state index contributed by atoms with van der Waals surface area (Å²) in [5, 5.41) is 3.54. The number of likely N-dealkylation sites (tertiary alicyclic amines) is 1. The van der Waals surface area contributed by atoms with Crippen molar-refractivity contribution in [2.45, 2.75) is 32.7 Å². The van der Waals surface area contributed by atoms with E-state index in [1.54, 1.807) is 0 Å². The number of fused-ring (bicyclic) bond motifs is 1. The van der Waals surface area contributed by atoms with Crippen molar-refractivity contribution in [2.24, 2.45) is 5.92 Å². The van der Waals surface area contributed by atoms with Crippen LogP contribution in [0.25, 0.3) is 0 Å². The summed E-state index contributed by atoms with van der Waals surface area (Å²) in [6.07, 6.45) is 2.50. The molecule has 1 N–H and O–H groups in total. The highest BCUT2D eigenvalue weighted by Crippen LogP contribution is 2.26. The third-order valence-electron chi connectivity index (χ3n) is 4.64. The molecule has 2 heterocycles. The van der Waals surface area contributed by atoms with Gasteiger partial charge in [-0.15, -0.1) is 0 Å². The summed E-state index contributed by atoms with van der Waals surface area (Å²) in [7, 11) is 0. The number of piperidine rings is 1. The van der Waals surface area contributed by atoms with Crippen molar-refractivity contribution in [3.63, 3.8) is 0 Å². The van der Waals surface area contributed by atoms with Gasteiger partial charge in [-0.05, 0) is 62.4 Å². The molecule has 0 bridgehead atoms. The maximum absolute atomic E-state index is 12.6. The molecule has 0 unspecified atom stereocenters. The first-order valence-electron chi connectivity index (χ1n) is 7.25. The van der Waals surface area contributed by atoms with Crippen LogP contribution in [0.15, 0.2) is 18.2 Å². The van der Waals surface area contributed by atoms with Crippen LogP contribution in [-0.2, 0) is 0 Å². The predicted molar refractivity (Wildman–Crippen MR) is 76.3 cm³/mol. The number of amides is 1. The van der Waals surface area contributed by atoms with Crippen LogP contribution >= 0.6 is 0 Å². The number of carbonyl (C=O) groups excluding carboxylic acids is 1. The minimum absolute atomic E-state index is 0.194. The zero-order chi connectivity index (χ0) is 13.4. The van der Waals surface area contributed by atoms with Crippen LogP contribution in [0.5, 0.6) is 0 Å². The molecule has 2 atom stereocenters. The van der Waals surface area contributed by atoms with Gasteiger partial charge in [0.05, 0.1) is 0 Å². The first-order chi connectivity index (χ1) is 9.15. The lowest BCUT2D eigenvalue weighted by Gasteiger charge is -2.24. The van der Waals surface area contributed by atoms with Gasteiger partial charge >= 0.3 is 0 Å². The Morgan fingerprint density at radius 2 is 2.11 bits per heavy atom. The standard InChI is InChI=1S/C16H22N2O/c1-11-5-6-13(8-12(11)2)16(19)18-9-14-4-3-7-17-15(14)10-18/h5-6,8,14-15,17H,3-4,7,9-10H2,1-2H3/t14-,15+/m0/s1. The monoisotopic (exact) mass is 258 g/mol. The van der Waals surface area contributed by atoms with Crippen molar-refractivity contribution in [1.82, 2.24) is 10.2 Å². The molecule has 0 saturated carbocycles. The van der Waals surface area contributed by atoms with E-state index in [-0.39, 0.29) is 5.91 Å². The van der Waals surface area contributed by atoms with Crippen LogP contribution in [-0.4, -0.2) is 36.5 Å². The summed E-state index contributed by atoms with van der Waals surface area (Å²) < 4.78 is 0. The smallest absolute Gasteiger partial charge is 0.253 e.